The molecular formula is C17H24N3O5S. The van der Waals surface area contributed by atoms with Crippen molar-refractivity contribution < 1.29 is 22.7 Å². The van der Waals surface area contributed by atoms with Gasteiger partial charge in [-0.25, -0.2) is 8.42 Å². The number of hydrogen-bond donors (Lipinski definition) is 1. The fraction of sp³-hybridized carbons (Fsp3) is 0.529. The normalized spacial score (nSPS) is 19.3. The summed E-state index contributed by atoms with van der Waals surface area (Å²) in [6.45, 7) is 3.80. The number of pyridine rings is 1. The van der Waals surface area contributed by atoms with Gasteiger partial charge < -0.3 is 10.5 Å². The summed E-state index contributed by atoms with van der Waals surface area (Å²) in [6, 6.07) is 1.96. The van der Waals surface area contributed by atoms with Gasteiger partial charge in [-0.05, 0) is 31.2 Å². The molecule has 1 radical (unpaired) electrons. The topological polar surface area (TPSA) is 110 Å². The summed E-state index contributed by atoms with van der Waals surface area (Å²) in [5.74, 6) is -0.340. The molecule has 0 saturated carbocycles. The van der Waals surface area contributed by atoms with Crippen LogP contribution in [0.5, 0.6) is 0 Å². The fourth-order valence-electron chi connectivity index (χ4n) is 2.66. The SMILES string of the molecule is CC(C)C[CH]C(=O)N[C@H]1CCCN(S(=O)(=O)c2ccc[n+]([O-])c2)CC1=O. The predicted octanol–water partition coefficient (Wildman–Crippen LogP) is 0.409. The third-order valence-electron chi connectivity index (χ3n) is 4.10. The minimum Gasteiger partial charge on any atom is -0.619 e. The standard InChI is InChI=1S/C17H24N3O5S/c1-13(2)7-8-17(22)18-15-6-4-10-20(12-16(15)21)26(24,25)14-5-3-9-19(23)11-14/h3,5,8-9,11,13,15H,4,6-7,10,12H2,1-2H3,(H,18,22)/t15-/m0/s1. The van der Waals surface area contributed by atoms with Gasteiger partial charge in [-0.2, -0.15) is 9.04 Å². The van der Waals surface area contributed by atoms with Crippen LogP contribution in [0.1, 0.15) is 33.1 Å². The molecule has 1 aromatic heterocycles. The Balaban J connectivity index is 2.05. The van der Waals surface area contributed by atoms with E-state index in [1.165, 1.54) is 24.8 Å². The molecule has 1 aromatic rings. The van der Waals surface area contributed by atoms with Gasteiger partial charge >= 0.3 is 0 Å². The van der Waals surface area contributed by atoms with Gasteiger partial charge in [0, 0.05) is 19.0 Å². The monoisotopic (exact) mass is 382 g/mol. The zero-order valence-electron chi connectivity index (χ0n) is 14.9. The Hall–Kier alpha value is -2.00. The molecule has 1 fully saturated rings. The zero-order chi connectivity index (χ0) is 19.3. The summed E-state index contributed by atoms with van der Waals surface area (Å²) in [6.07, 6.45) is 5.08. The summed E-state index contributed by atoms with van der Waals surface area (Å²) in [4.78, 5) is 24.2. The molecule has 1 aliphatic heterocycles. The van der Waals surface area contributed by atoms with Crippen LogP contribution in [-0.4, -0.2) is 43.5 Å². The van der Waals surface area contributed by atoms with Crippen molar-refractivity contribution in [1.29, 1.82) is 0 Å². The number of aromatic nitrogens is 1. The van der Waals surface area contributed by atoms with E-state index >= 15 is 0 Å². The van der Waals surface area contributed by atoms with Gasteiger partial charge in [0.2, 0.25) is 15.9 Å². The maximum Gasteiger partial charge on any atom is 0.249 e. The number of carbonyl (C=O) groups excluding carboxylic acids is 2. The van der Waals surface area contributed by atoms with E-state index in [0.717, 1.165) is 10.5 Å². The van der Waals surface area contributed by atoms with Crippen molar-refractivity contribution >= 4 is 21.7 Å². The average Bonchev–Trinajstić information content (AvgIpc) is 2.75. The molecule has 0 spiro atoms. The second kappa shape index (κ2) is 8.59. The Morgan fingerprint density at radius 3 is 2.88 bits per heavy atom. The molecule has 1 N–H and O–H groups in total. The smallest absolute Gasteiger partial charge is 0.249 e. The van der Waals surface area contributed by atoms with Crippen LogP contribution in [0.4, 0.5) is 0 Å². The zero-order valence-corrected chi connectivity index (χ0v) is 15.7. The molecule has 0 unspecified atom stereocenters. The van der Waals surface area contributed by atoms with Crippen molar-refractivity contribution in [1.82, 2.24) is 9.62 Å². The van der Waals surface area contributed by atoms with E-state index in [-0.39, 0.29) is 29.7 Å². The van der Waals surface area contributed by atoms with Crippen LogP contribution in [0.3, 0.4) is 0 Å². The number of ketones is 1. The largest absolute Gasteiger partial charge is 0.619 e. The number of amides is 1. The Morgan fingerprint density at radius 2 is 2.23 bits per heavy atom. The first-order valence-corrected chi connectivity index (χ1v) is 9.99. The number of carbonyl (C=O) groups is 2. The van der Waals surface area contributed by atoms with E-state index in [4.69, 9.17) is 0 Å². The van der Waals surface area contributed by atoms with Crippen LogP contribution >= 0.6 is 0 Å². The third-order valence-corrected chi connectivity index (χ3v) is 5.93. The number of Topliss-reactive ketones (excluding diaryl/α,β-unsaturated/α-hetero) is 1. The summed E-state index contributed by atoms with van der Waals surface area (Å²) in [5, 5.41) is 14.0. The van der Waals surface area contributed by atoms with Gasteiger partial charge in [0.05, 0.1) is 12.6 Å². The number of sulfonamides is 1. The van der Waals surface area contributed by atoms with Crippen molar-refractivity contribution in [2.24, 2.45) is 5.92 Å². The molecule has 2 heterocycles. The first kappa shape index (κ1) is 20.3. The van der Waals surface area contributed by atoms with Gasteiger partial charge in [0.1, 0.15) is 4.90 Å². The number of rotatable bonds is 6. The Labute approximate surface area is 153 Å². The lowest BCUT2D eigenvalue weighted by Gasteiger charge is -2.19. The van der Waals surface area contributed by atoms with Crippen LogP contribution in [0.2, 0.25) is 0 Å². The van der Waals surface area contributed by atoms with Crippen molar-refractivity contribution in [3.8, 4) is 0 Å². The third kappa shape index (κ3) is 5.25. The summed E-state index contributed by atoms with van der Waals surface area (Å²) in [5.41, 5.74) is 0. The average molecular weight is 382 g/mol. The summed E-state index contributed by atoms with van der Waals surface area (Å²) in [7, 11) is -3.94. The van der Waals surface area contributed by atoms with Gasteiger partial charge in [0.15, 0.2) is 18.2 Å². The minimum absolute atomic E-state index is 0.157. The van der Waals surface area contributed by atoms with Crippen molar-refractivity contribution in [2.45, 2.75) is 44.0 Å². The van der Waals surface area contributed by atoms with Crippen LogP contribution in [-0.2, 0) is 19.6 Å². The van der Waals surface area contributed by atoms with Crippen molar-refractivity contribution in [2.75, 3.05) is 13.1 Å². The van der Waals surface area contributed by atoms with Gasteiger partial charge in [-0.15, -0.1) is 0 Å². The van der Waals surface area contributed by atoms with Gasteiger partial charge in [-0.1, -0.05) is 13.8 Å². The minimum atomic E-state index is -3.94. The molecule has 0 bridgehead atoms. The Morgan fingerprint density at radius 1 is 1.50 bits per heavy atom. The lowest BCUT2D eigenvalue weighted by molar-refractivity contribution is -0.607. The highest BCUT2D eigenvalue weighted by atomic mass is 32.2. The van der Waals surface area contributed by atoms with E-state index < -0.39 is 16.1 Å². The lowest BCUT2D eigenvalue weighted by atomic mass is 10.1. The number of nitrogens with zero attached hydrogens (tertiary/aromatic N) is 2. The molecule has 1 saturated heterocycles. The molecule has 1 aliphatic rings. The van der Waals surface area contributed by atoms with Crippen molar-refractivity contribution in [3.05, 3.63) is 36.2 Å². The molecule has 0 aromatic carbocycles. The first-order valence-electron chi connectivity index (χ1n) is 8.55. The molecule has 1 atom stereocenters. The van der Waals surface area contributed by atoms with Crippen LogP contribution < -0.4 is 10.0 Å². The molecule has 143 valence electrons. The number of hydrogen-bond acceptors (Lipinski definition) is 5. The second-order valence-corrected chi connectivity index (χ2v) is 8.68. The maximum absolute atomic E-state index is 12.7. The van der Waals surface area contributed by atoms with Crippen molar-refractivity contribution in [3.63, 3.8) is 0 Å². The van der Waals surface area contributed by atoms with E-state index in [0.29, 0.717) is 29.9 Å². The lowest BCUT2D eigenvalue weighted by Crippen LogP contribution is -2.44. The van der Waals surface area contributed by atoms with Crippen LogP contribution in [0, 0.1) is 17.5 Å². The maximum atomic E-state index is 12.7. The fourth-order valence-corrected chi connectivity index (χ4v) is 4.12. The molecule has 9 heteroatoms. The Bertz CT molecular complexity index is 763. The van der Waals surface area contributed by atoms with Crippen LogP contribution in [0.15, 0.2) is 29.4 Å². The number of nitrogens with one attached hydrogen (secondary N) is 1. The first-order chi connectivity index (χ1) is 12.2. The van der Waals surface area contributed by atoms with Gasteiger partial charge in [-0.3, -0.25) is 9.59 Å². The molecular weight excluding hydrogens is 358 g/mol. The summed E-state index contributed by atoms with van der Waals surface area (Å²) < 4.78 is 26.8. The molecule has 26 heavy (non-hydrogen) atoms. The summed E-state index contributed by atoms with van der Waals surface area (Å²) >= 11 is 0. The Kier molecular flexibility index (Phi) is 6.71. The predicted molar refractivity (Wildman–Crippen MR) is 94.1 cm³/mol. The van der Waals surface area contributed by atoms with Crippen LogP contribution in [0.25, 0.3) is 0 Å². The van der Waals surface area contributed by atoms with E-state index in [9.17, 15) is 23.2 Å². The van der Waals surface area contributed by atoms with Gasteiger partial charge in [0.25, 0.3) is 0 Å². The molecule has 0 aliphatic carbocycles. The van der Waals surface area contributed by atoms with E-state index in [1.807, 2.05) is 13.8 Å². The van der Waals surface area contributed by atoms with E-state index in [2.05, 4.69) is 5.32 Å². The second-order valence-electron chi connectivity index (χ2n) is 6.74. The quantitative estimate of drug-likeness (QED) is 0.566. The van der Waals surface area contributed by atoms with E-state index in [1.54, 1.807) is 0 Å². The highest BCUT2D eigenvalue weighted by Gasteiger charge is 2.33. The molecule has 8 nitrogen and oxygen atoms in total. The molecule has 1 amide bonds. The molecule has 2 rings (SSSR count). The highest BCUT2D eigenvalue weighted by molar-refractivity contribution is 7.89. The highest BCUT2D eigenvalue weighted by Crippen LogP contribution is 2.18.